The molecule has 0 fully saturated rings. The lowest BCUT2D eigenvalue weighted by atomic mass is 9.93. The fraction of sp³-hybridized carbons (Fsp3) is 0.533. The van der Waals surface area contributed by atoms with Crippen LogP contribution >= 0.6 is 11.8 Å². The molecule has 19 heavy (non-hydrogen) atoms. The number of amides is 1. The molecule has 0 saturated carbocycles. The molecule has 1 rings (SSSR count). The number of thioether (sulfide) groups is 1. The normalized spacial score (nSPS) is 11.4. The Hall–Kier alpha value is -1.00. The first-order valence-corrected chi connectivity index (χ1v) is 7.46. The van der Waals surface area contributed by atoms with Crippen molar-refractivity contribution >= 4 is 17.7 Å². The van der Waals surface area contributed by atoms with Crippen LogP contribution in [-0.4, -0.2) is 36.7 Å². The molecule has 0 aliphatic rings. The molecule has 1 aromatic rings. The van der Waals surface area contributed by atoms with Gasteiger partial charge < -0.3 is 10.6 Å². The molecular weight excluding hydrogens is 256 g/mol. The van der Waals surface area contributed by atoms with Crippen LogP contribution in [0.15, 0.2) is 29.2 Å². The van der Waals surface area contributed by atoms with Gasteiger partial charge >= 0.3 is 0 Å². The van der Waals surface area contributed by atoms with Crippen molar-refractivity contribution in [2.45, 2.75) is 25.7 Å². The van der Waals surface area contributed by atoms with Crippen LogP contribution in [-0.2, 0) is 4.79 Å². The van der Waals surface area contributed by atoms with E-state index in [9.17, 15) is 4.79 Å². The summed E-state index contributed by atoms with van der Waals surface area (Å²) in [5.41, 5.74) is 6.90. The first kappa shape index (κ1) is 16.1. The van der Waals surface area contributed by atoms with E-state index < -0.39 is 0 Å². The number of benzene rings is 1. The van der Waals surface area contributed by atoms with Gasteiger partial charge in [0.15, 0.2) is 0 Å². The summed E-state index contributed by atoms with van der Waals surface area (Å²) in [5.74, 6) is 0.618. The van der Waals surface area contributed by atoms with Gasteiger partial charge in [-0.05, 0) is 31.0 Å². The van der Waals surface area contributed by atoms with Gasteiger partial charge in [0, 0.05) is 18.5 Å². The zero-order chi connectivity index (χ0) is 14.5. The second-order valence-corrected chi connectivity index (χ2v) is 6.77. The van der Waals surface area contributed by atoms with Crippen molar-refractivity contribution in [2.24, 2.45) is 11.1 Å². The van der Waals surface area contributed by atoms with Crippen LogP contribution in [0.2, 0.25) is 0 Å². The van der Waals surface area contributed by atoms with E-state index in [0.29, 0.717) is 18.8 Å². The Kier molecular flexibility index (Phi) is 5.88. The van der Waals surface area contributed by atoms with Gasteiger partial charge in [0.05, 0.1) is 5.75 Å². The smallest absolute Gasteiger partial charge is 0.232 e. The van der Waals surface area contributed by atoms with Crippen LogP contribution < -0.4 is 5.73 Å². The van der Waals surface area contributed by atoms with E-state index in [-0.39, 0.29) is 11.3 Å². The number of nitrogens with two attached hydrogens (primary N) is 1. The van der Waals surface area contributed by atoms with Crippen molar-refractivity contribution < 1.29 is 4.79 Å². The SMILES string of the molecule is Cc1ccc(SCC(=O)N(C)CC(C)(C)CN)cc1. The zero-order valence-corrected chi connectivity index (χ0v) is 13.1. The van der Waals surface area contributed by atoms with E-state index in [1.807, 2.05) is 7.05 Å². The fourth-order valence-corrected chi connectivity index (χ4v) is 2.52. The summed E-state index contributed by atoms with van der Waals surface area (Å²) in [6.45, 7) is 7.47. The van der Waals surface area contributed by atoms with Crippen molar-refractivity contribution in [2.75, 3.05) is 25.9 Å². The maximum Gasteiger partial charge on any atom is 0.232 e. The molecule has 106 valence electrons. The molecule has 0 aromatic heterocycles. The number of hydrogen-bond donors (Lipinski definition) is 1. The largest absolute Gasteiger partial charge is 0.344 e. The topological polar surface area (TPSA) is 46.3 Å². The molecule has 0 heterocycles. The molecule has 0 aliphatic heterocycles. The van der Waals surface area contributed by atoms with Gasteiger partial charge in [-0.1, -0.05) is 31.5 Å². The highest BCUT2D eigenvalue weighted by Crippen LogP contribution is 2.20. The lowest BCUT2D eigenvalue weighted by molar-refractivity contribution is -0.128. The predicted molar refractivity (Wildman–Crippen MR) is 82.4 cm³/mol. The standard InChI is InChI=1S/C15H24N2OS/c1-12-5-7-13(8-6-12)19-9-14(18)17(4)11-15(2,3)10-16/h5-8H,9-11,16H2,1-4H3. The minimum atomic E-state index is -0.0288. The summed E-state index contributed by atoms with van der Waals surface area (Å²) in [6.07, 6.45) is 0. The third-order valence-electron chi connectivity index (χ3n) is 3.03. The van der Waals surface area contributed by atoms with Crippen molar-refractivity contribution in [3.8, 4) is 0 Å². The highest BCUT2D eigenvalue weighted by molar-refractivity contribution is 8.00. The van der Waals surface area contributed by atoms with E-state index in [1.165, 1.54) is 5.56 Å². The van der Waals surface area contributed by atoms with Crippen LogP contribution in [0, 0.1) is 12.3 Å². The fourth-order valence-electron chi connectivity index (χ4n) is 1.68. The Bertz CT molecular complexity index is 415. The Labute approximate surface area is 120 Å². The number of aryl methyl sites for hydroxylation is 1. The van der Waals surface area contributed by atoms with Gasteiger partial charge in [-0.3, -0.25) is 4.79 Å². The van der Waals surface area contributed by atoms with E-state index in [0.717, 1.165) is 4.90 Å². The quantitative estimate of drug-likeness (QED) is 0.815. The Morgan fingerprint density at radius 1 is 1.32 bits per heavy atom. The average molecular weight is 280 g/mol. The first-order valence-electron chi connectivity index (χ1n) is 6.47. The summed E-state index contributed by atoms with van der Waals surface area (Å²) in [4.78, 5) is 14.9. The molecule has 0 spiro atoms. The predicted octanol–water partition coefficient (Wildman–Crippen LogP) is 2.53. The van der Waals surface area contributed by atoms with Crippen LogP contribution in [0.5, 0.6) is 0 Å². The summed E-state index contributed by atoms with van der Waals surface area (Å²) >= 11 is 1.58. The molecular formula is C15H24N2OS. The minimum Gasteiger partial charge on any atom is -0.344 e. The van der Waals surface area contributed by atoms with Crippen molar-refractivity contribution in [1.82, 2.24) is 4.90 Å². The highest BCUT2D eigenvalue weighted by atomic mass is 32.2. The van der Waals surface area contributed by atoms with Crippen LogP contribution in [0.3, 0.4) is 0 Å². The van der Waals surface area contributed by atoms with Crippen LogP contribution in [0.25, 0.3) is 0 Å². The summed E-state index contributed by atoms with van der Waals surface area (Å²) in [7, 11) is 1.84. The lowest BCUT2D eigenvalue weighted by Crippen LogP contribution is -2.40. The zero-order valence-electron chi connectivity index (χ0n) is 12.3. The maximum atomic E-state index is 12.0. The Balaban J connectivity index is 2.44. The molecule has 0 bridgehead atoms. The second-order valence-electron chi connectivity index (χ2n) is 5.72. The monoisotopic (exact) mass is 280 g/mol. The minimum absolute atomic E-state index is 0.0288. The van der Waals surface area contributed by atoms with E-state index in [1.54, 1.807) is 16.7 Å². The van der Waals surface area contributed by atoms with Crippen LogP contribution in [0.4, 0.5) is 0 Å². The van der Waals surface area contributed by atoms with Gasteiger partial charge in [-0.15, -0.1) is 11.8 Å². The molecule has 4 heteroatoms. The number of carbonyl (C=O) groups excluding carboxylic acids is 1. The molecule has 0 unspecified atom stereocenters. The van der Waals surface area contributed by atoms with Gasteiger partial charge in [-0.2, -0.15) is 0 Å². The van der Waals surface area contributed by atoms with Gasteiger partial charge in [-0.25, -0.2) is 0 Å². The Morgan fingerprint density at radius 2 is 1.89 bits per heavy atom. The van der Waals surface area contributed by atoms with Gasteiger partial charge in [0.1, 0.15) is 0 Å². The van der Waals surface area contributed by atoms with Crippen LogP contribution in [0.1, 0.15) is 19.4 Å². The average Bonchev–Trinajstić information content (AvgIpc) is 2.37. The molecule has 2 N–H and O–H groups in total. The number of hydrogen-bond acceptors (Lipinski definition) is 3. The first-order chi connectivity index (χ1) is 8.84. The van der Waals surface area contributed by atoms with Gasteiger partial charge in [0.2, 0.25) is 5.91 Å². The number of rotatable bonds is 6. The highest BCUT2D eigenvalue weighted by Gasteiger charge is 2.20. The number of nitrogens with zero attached hydrogens (tertiary/aromatic N) is 1. The Morgan fingerprint density at radius 3 is 2.42 bits per heavy atom. The van der Waals surface area contributed by atoms with Crippen molar-refractivity contribution in [1.29, 1.82) is 0 Å². The molecule has 0 radical (unpaired) electrons. The molecule has 3 nitrogen and oxygen atoms in total. The summed E-state index contributed by atoms with van der Waals surface area (Å²) in [5, 5.41) is 0. The maximum absolute atomic E-state index is 12.0. The van der Waals surface area contributed by atoms with E-state index in [4.69, 9.17) is 5.73 Å². The van der Waals surface area contributed by atoms with Crippen molar-refractivity contribution in [3.63, 3.8) is 0 Å². The summed E-state index contributed by atoms with van der Waals surface area (Å²) < 4.78 is 0. The number of carbonyl (C=O) groups is 1. The third-order valence-corrected chi connectivity index (χ3v) is 4.02. The molecule has 1 aromatic carbocycles. The molecule has 0 atom stereocenters. The molecule has 0 aliphatic carbocycles. The molecule has 1 amide bonds. The van der Waals surface area contributed by atoms with E-state index in [2.05, 4.69) is 45.0 Å². The van der Waals surface area contributed by atoms with E-state index >= 15 is 0 Å². The second kappa shape index (κ2) is 6.96. The summed E-state index contributed by atoms with van der Waals surface area (Å²) in [6, 6.07) is 8.23. The molecule has 0 saturated heterocycles. The third kappa shape index (κ3) is 5.66. The van der Waals surface area contributed by atoms with Crippen molar-refractivity contribution in [3.05, 3.63) is 29.8 Å². The lowest BCUT2D eigenvalue weighted by Gasteiger charge is -2.29. The van der Waals surface area contributed by atoms with Gasteiger partial charge in [0.25, 0.3) is 0 Å².